The van der Waals surface area contributed by atoms with Crippen molar-refractivity contribution in [3.8, 4) is 5.88 Å². The molecule has 0 spiro atoms. The van der Waals surface area contributed by atoms with Crippen LogP contribution >= 0.6 is 0 Å². The molecular formula is C13H21N3O. The Hall–Kier alpha value is -1.16. The second-order valence-corrected chi connectivity index (χ2v) is 4.95. The van der Waals surface area contributed by atoms with Crippen LogP contribution in [0.15, 0.2) is 12.4 Å². The Kier molecular flexibility index (Phi) is 3.94. The van der Waals surface area contributed by atoms with Crippen LogP contribution in [0, 0.1) is 6.92 Å². The summed E-state index contributed by atoms with van der Waals surface area (Å²) in [5, 5.41) is 0. The molecule has 2 rings (SSSR count). The average Bonchev–Trinajstić information content (AvgIpc) is 2.29. The molecule has 0 unspecified atom stereocenters. The van der Waals surface area contributed by atoms with E-state index in [-0.39, 0.29) is 0 Å². The molecule has 4 nitrogen and oxygen atoms in total. The molecule has 4 heteroatoms. The quantitative estimate of drug-likeness (QED) is 0.803. The van der Waals surface area contributed by atoms with Crippen LogP contribution in [0.5, 0.6) is 5.88 Å². The summed E-state index contributed by atoms with van der Waals surface area (Å²) in [7, 11) is 0. The van der Waals surface area contributed by atoms with E-state index in [1.165, 1.54) is 0 Å². The molecule has 1 fully saturated rings. The van der Waals surface area contributed by atoms with Crippen LogP contribution in [0.2, 0.25) is 0 Å². The van der Waals surface area contributed by atoms with Gasteiger partial charge in [0.05, 0.1) is 11.9 Å². The topological polar surface area (TPSA) is 38.2 Å². The van der Waals surface area contributed by atoms with E-state index in [2.05, 4.69) is 28.7 Å². The molecule has 1 aliphatic heterocycles. The number of aryl methyl sites for hydroxylation is 1. The molecule has 0 saturated carbocycles. The van der Waals surface area contributed by atoms with Gasteiger partial charge in [0, 0.05) is 25.3 Å². The predicted octanol–water partition coefficient (Wildman–Crippen LogP) is 2.04. The monoisotopic (exact) mass is 235 g/mol. The number of hydrogen-bond acceptors (Lipinski definition) is 4. The van der Waals surface area contributed by atoms with Gasteiger partial charge in [-0.1, -0.05) is 0 Å². The normalized spacial score (nSPS) is 18.6. The number of piperidine rings is 1. The SMILES string of the molecule is Cc1cncc(OC2CCN(C(C)C)CC2)n1. The predicted molar refractivity (Wildman–Crippen MR) is 67.1 cm³/mol. The number of nitrogens with zero attached hydrogens (tertiary/aromatic N) is 3. The highest BCUT2D eigenvalue weighted by molar-refractivity contribution is 5.07. The van der Waals surface area contributed by atoms with Gasteiger partial charge in [-0.2, -0.15) is 0 Å². The minimum Gasteiger partial charge on any atom is -0.473 e. The molecule has 17 heavy (non-hydrogen) atoms. The van der Waals surface area contributed by atoms with Gasteiger partial charge in [-0.3, -0.25) is 4.98 Å². The van der Waals surface area contributed by atoms with Gasteiger partial charge in [-0.15, -0.1) is 0 Å². The van der Waals surface area contributed by atoms with Gasteiger partial charge in [0.1, 0.15) is 6.10 Å². The zero-order chi connectivity index (χ0) is 12.3. The number of aromatic nitrogens is 2. The van der Waals surface area contributed by atoms with Gasteiger partial charge >= 0.3 is 0 Å². The maximum Gasteiger partial charge on any atom is 0.232 e. The number of rotatable bonds is 3. The average molecular weight is 235 g/mol. The largest absolute Gasteiger partial charge is 0.473 e. The summed E-state index contributed by atoms with van der Waals surface area (Å²) in [5.74, 6) is 0.660. The minimum atomic E-state index is 0.293. The lowest BCUT2D eigenvalue weighted by Crippen LogP contribution is -2.41. The third-order valence-corrected chi connectivity index (χ3v) is 3.23. The molecule has 1 saturated heterocycles. The summed E-state index contributed by atoms with van der Waals surface area (Å²) in [6.07, 6.45) is 5.89. The van der Waals surface area contributed by atoms with Crippen molar-refractivity contribution in [2.75, 3.05) is 13.1 Å². The molecule has 0 N–H and O–H groups in total. The first-order valence-electron chi connectivity index (χ1n) is 6.34. The Labute approximate surface area is 103 Å². The molecule has 1 aromatic heterocycles. The van der Waals surface area contributed by atoms with Crippen molar-refractivity contribution in [3.63, 3.8) is 0 Å². The second kappa shape index (κ2) is 5.45. The number of hydrogen-bond donors (Lipinski definition) is 0. The first-order chi connectivity index (χ1) is 8.15. The Morgan fingerprint density at radius 2 is 2.00 bits per heavy atom. The summed E-state index contributed by atoms with van der Waals surface area (Å²) in [6, 6.07) is 0.634. The van der Waals surface area contributed by atoms with Crippen LogP contribution in [0.1, 0.15) is 32.4 Å². The van der Waals surface area contributed by atoms with Crippen LogP contribution in [0.3, 0.4) is 0 Å². The molecule has 0 radical (unpaired) electrons. The van der Waals surface area contributed by atoms with Crippen molar-refractivity contribution in [2.24, 2.45) is 0 Å². The lowest BCUT2D eigenvalue weighted by molar-refractivity contribution is 0.0809. The molecule has 0 amide bonds. The van der Waals surface area contributed by atoms with E-state index in [0.29, 0.717) is 18.0 Å². The number of likely N-dealkylation sites (tertiary alicyclic amines) is 1. The Morgan fingerprint density at radius 1 is 1.29 bits per heavy atom. The minimum absolute atomic E-state index is 0.293. The van der Waals surface area contributed by atoms with E-state index in [4.69, 9.17) is 4.74 Å². The van der Waals surface area contributed by atoms with E-state index in [1.807, 2.05) is 6.92 Å². The van der Waals surface area contributed by atoms with Gasteiger partial charge in [0.25, 0.3) is 0 Å². The van der Waals surface area contributed by atoms with Crippen LogP contribution in [0.25, 0.3) is 0 Å². The molecule has 0 atom stereocenters. The summed E-state index contributed by atoms with van der Waals surface area (Å²) >= 11 is 0. The molecular weight excluding hydrogens is 214 g/mol. The maximum absolute atomic E-state index is 5.86. The molecule has 1 aliphatic rings. The van der Waals surface area contributed by atoms with Crippen molar-refractivity contribution >= 4 is 0 Å². The summed E-state index contributed by atoms with van der Waals surface area (Å²) in [4.78, 5) is 10.9. The van der Waals surface area contributed by atoms with Crippen LogP contribution in [-0.2, 0) is 0 Å². The van der Waals surface area contributed by atoms with Gasteiger partial charge in [-0.05, 0) is 33.6 Å². The van der Waals surface area contributed by atoms with Crippen LogP contribution in [0.4, 0.5) is 0 Å². The van der Waals surface area contributed by atoms with Gasteiger partial charge < -0.3 is 9.64 Å². The third kappa shape index (κ3) is 3.40. The Morgan fingerprint density at radius 3 is 2.59 bits per heavy atom. The Bertz CT molecular complexity index is 359. The van der Waals surface area contributed by atoms with Crippen molar-refractivity contribution in [2.45, 2.75) is 45.8 Å². The summed E-state index contributed by atoms with van der Waals surface area (Å²) < 4.78 is 5.86. The molecule has 2 heterocycles. The van der Waals surface area contributed by atoms with E-state index < -0.39 is 0 Å². The third-order valence-electron chi connectivity index (χ3n) is 3.23. The first-order valence-corrected chi connectivity index (χ1v) is 6.34. The van der Waals surface area contributed by atoms with Crippen molar-refractivity contribution in [1.29, 1.82) is 0 Å². The van der Waals surface area contributed by atoms with E-state index >= 15 is 0 Å². The molecule has 0 aromatic carbocycles. The fraction of sp³-hybridized carbons (Fsp3) is 0.692. The molecule has 1 aromatic rings. The summed E-state index contributed by atoms with van der Waals surface area (Å²) in [5.41, 5.74) is 0.905. The van der Waals surface area contributed by atoms with Crippen molar-refractivity contribution in [3.05, 3.63) is 18.1 Å². The molecule has 0 aliphatic carbocycles. The summed E-state index contributed by atoms with van der Waals surface area (Å²) in [6.45, 7) is 8.64. The number of ether oxygens (including phenoxy) is 1. The zero-order valence-electron chi connectivity index (χ0n) is 10.9. The van der Waals surface area contributed by atoms with Gasteiger partial charge in [0.15, 0.2) is 0 Å². The van der Waals surface area contributed by atoms with Crippen LogP contribution in [-0.4, -0.2) is 40.1 Å². The molecule has 94 valence electrons. The van der Waals surface area contributed by atoms with E-state index in [0.717, 1.165) is 31.6 Å². The van der Waals surface area contributed by atoms with Crippen molar-refractivity contribution < 1.29 is 4.74 Å². The first kappa shape index (κ1) is 12.3. The highest BCUT2D eigenvalue weighted by Gasteiger charge is 2.22. The fourth-order valence-corrected chi connectivity index (χ4v) is 2.18. The highest BCUT2D eigenvalue weighted by Crippen LogP contribution is 2.18. The van der Waals surface area contributed by atoms with E-state index in [1.54, 1.807) is 12.4 Å². The fourth-order valence-electron chi connectivity index (χ4n) is 2.18. The highest BCUT2D eigenvalue weighted by atomic mass is 16.5. The lowest BCUT2D eigenvalue weighted by Gasteiger charge is -2.34. The smallest absolute Gasteiger partial charge is 0.232 e. The lowest BCUT2D eigenvalue weighted by atomic mass is 10.1. The van der Waals surface area contributed by atoms with E-state index in [9.17, 15) is 0 Å². The van der Waals surface area contributed by atoms with Crippen molar-refractivity contribution in [1.82, 2.24) is 14.9 Å². The zero-order valence-corrected chi connectivity index (χ0v) is 10.9. The van der Waals surface area contributed by atoms with Gasteiger partial charge in [-0.25, -0.2) is 4.98 Å². The van der Waals surface area contributed by atoms with Gasteiger partial charge in [0.2, 0.25) is 5.88 Å². The second-order valence-electron chi connectivity index (χ2n) is 4.95. The standard InChI is InChI=1S/C13H21N3O/c1-10(2)16-6-4-12(5-7-16)17-13-9-14-8-11(3)15-13/h8-10,12H,4-7H2,1-3H3. The molecule has 0 bridgehead atoms. The van der Waals surface area contributed by atoms with Crippen LogP contribution < -0.4 is 4.74 Å². The maximum atomic E-state index is 5.86. The Balaban J connectivity index is 1.86.